The maximum Gasteiger partial charge on any atom is 0.217 e. The molecule has 0 aromatic carbocycles. The summed E-state index contributed by atoms with van der Waals surface area (Å²) >= 11 is 0. The number of carbonyl (C=O) groups is 1. The van der Waals surface area contributed by atoms with Gasteiger partial charge in [0.2, 0.25) is 5.91 Å². The van der Waals surface area contributed by atoms with Crippen molar-refractivity contribution in [1.82, 2.24) is 0 Å². The van der Waals surface area contributed by atoms with Crippen molar-refractivity contribution in [3.05, 3.63) is 0 Å². The van der Waals surface area contributed by atoms with Crippen LogP contribution in [0.4, 0.5) is 0 Å². The lowest BCUT2D eigenvalue weighted by molar-refractivity contribution is -0.118. The molecule has 0 spiro atoms. The number of hydrogen-bond acceptors (Lipinski definition) is 1. The highest BCUT2D eigenvalue weighted by atomic mass is 16.1. The summed E-state index contributed by atoms with van der Waals surface area (Å²) in [6, 6.07) is 0. The summed E-state index contributed by atoms with van der Waals surface area (Å²) in [5.41, 5.74) is 5.51. The normalized spacial score (nSPS) is 37.6. The number of rotatable bonds is 3. The molecule has 0 aliphatic heterocycles. The lowest BCUT2D eigenvalue weighted by atomic mass is 10.0. The molecule has 0 heterocycles. The fraction of sp³-hybridized carbons (Fsp3) is 0.875. The Labute approximate surface area is 61.8 Å². The van der Waals surface area contributed by atoms with Gasteiger partial charge in [-0.25, -0.2) is 0 Å². The Morgan fingerprint density at radius 3 is 2.70 bits per heavy atom. The van der Waals surface area contributed by atoms with Crippen molar-refractivity contribution in [3.63, 3.8) is 0 Å². The summed E-state index contributed by atoms with van der Waals surface area (Å²) in [7, 11) is 0. The maximum absolute atomic E-state index is 10.5. The summed E-state index contributed by atoms with van der Waals surface area (Å²) in [5, 5.41) is 0. The summed E-state index contributed by atoms with van der Waals surface area (Å²) in [6.07, 6.45) is 2.95. The summed E-state index contributed by atoms with van der Waals surface area (Å²) in [5.74, 6) is 0.428. The van der Waals surface area contributed by atoms with Gasteiger partial charge in [-0.2, -0.15) is 0 Å². The van der Waals surface area contributed by atoms with Crippen molar-refractivity contribution in [3.8, 4) is 0 Å². The minimum Gasteiger partial charge on any atom is -0.370 e. The zero-order valence-electron chi connectivity index (χ0n) is 6.68. The van der Waals surface area contributed by atoms with E-state index in [1.165, 1.54) is 12.8 Å². The molecular weight excluding hydrogens is 126 g/mol. The quantitative estimate of drug-likeness (QED) is 0.632. The van der Waals surface area contributed by atoms with Gasteiger partial charge in [-0.1, -0.05) is 20.3 Å². The van der Waals surface area contributed by atoms with Gasteiger partial charge < -0.3 is 5.73 Å². The van der Waals surface area contributed by atoms with Gasteiger partial charge in [0.15, 0.2) is 0 Å². The van der Waals surface area contributed by atoms with Gasteiger partial charge in [0.05, 0.1) is 0 Å². The van der Waals surface area contributed by atoms with Crippen LogP contribution in [0.2, 0.25) is 0 Å². The minimum absolute atomic E-state index is 0.151. The molecule has 1 aliphatic carbocycles. The fourth-order valence-electron chi connectivity index (χ4n) is 1.50. The van der Waals surface area contributed by atoms with E-state index in [1.54, 1.807) is 0 Å². The molecule has 2 nitrogen and oxygen atoms in total. The second-order valence-electron chi connectivity index (χ2n) is 3.58. The molecule has 2 heteroatoms. The largest absolute Gasteiger partial charge is 0.370 e. The molecule has 0 aromatic heterocycles. The van der Waals surface area contributed by atoms with E-state index in [0.717, 1.165) is 0 Å². The first kappa shape index (κ1) is 7.58. The fourth-order valence-corrected chi connectivity index (χ4v) is 1.50. The van der Waals surface area contributed by atoms with Crippen LogP contribution in [0.5, 0.6) is 0 Å². The highest BCUT2D eigenvalue weighted by Crippen LogP contribution is 2.56. The minimum atomic E-state index is -0.151. The van der Waals surface area contributed by atoms with E-state index >= 15 is 0 Å². The SMILES string of the molecule is CCC1(C)CC1CC(N)=O. The first-order chi connectivity index (χ1) is 4.58. The van der Waals surface area contributed by atoms with Crippen molar-refractivity contribution in [2.24, 2.45) is 17.1 Å². The third kappa shape index (κ3) is 1.31. The first-order valence-electron chi connectivity index (χ1n) is 3.87. The second kappa shape index (κ2) is 2.26. The van der Waals surface area contributed by atoms with Crippen LogP contribution in [0, 0.1) is 11.3 Å². The van der Waals surface area contributed by atoms with E-state index in [1.807, 2.05) is 0 Å². The summed E-state index contributed by atoms with van der Waals surface area (Å²) < 4.78 is 0. The number of nitrogens with two attached hydrogens (primary N) is 1. The molecule has 0 saturated heterocycles. The smallest absolute Gasteiger partial charge is 0.217 e. The van der Waals surface area contributed by atoms with E-state index in [0.29, 0.717) is 17.8 Å². The van der Waals surface area contributed by atoms with Crippen LogP contribution in [-0.2, 0) is 4.79 Å². The maximum atomic E-state index is 10.5. The molecule has 1 rings (SSSR count). The van der Waals surface area contributed by atoms with E-state index in [-0.39, 0.29) is 5.91 Å². The average molecular weight is 141 g/mol. The zero-order valence-corrected chi connectivity index (χ0v) is 6.68. The van der Waals surface area contributed by atoms with Gasteiger partial charge in [-0.05, 0) is 17.8 Å². The molecule has 58 valence electrons. The average Bonchev–Trinajstić information content (AvgIpc) is 2.43. The van der Waals surface area contributed by atoms with E-state index in [4.69, 9.17) is 5.73 Å². The Hall–Kier alpha value is -0.530. The van der Waals surface area contributed by atoms with Gasteiger partial charge in [0.25, 0.3) is 0 Å². The standard InChI is InChI=1S/C8H15NO/c1-3-8(2)5-6(8)4-7(9)10/h6H,3-5H2,1-2H3,(H2,9,10). The molecular formula is C8H15NO. The molecule has 0 aromatic rings. The highest BCUT2D eigenvalue weighted by molar-refractivity contribution is 5.74. The van der Waals surface area contributed by atoms with Crippen LogP contribution in [0.25, 0.3) is 0 Å². The number of amides is 1. The Balaban J connectivity index is 2.31. The topological polar surface area (TPSA) is 43.1 Å². The Bertz CT molecular complexity index is 155. The molecule has 0 bridgehead atoms. The third-order valence-electron chi connectivity index (χ3n) is 2.79. The number of primary amides is 1. The Morgan fingerprint density at radius 2 is 2.40 bits per heavy atom. The first-order valence-corrected chi connectivity index (χ1v) is 3.87. The van der Waals surface area contributed by atoms with Crippen LogP contribution < -0.4 is 5.73 Å². The monoisotopic (exact) mass is 141 g/mol. The lowest BCUT2D eigenvalue weighted by Gasteiger charge is -2.04. The highest BCUT2D eigenvalue weighted by Gasteiger charge is 2.48. The van der Waals surface area contributed by atoms with Gasteiger partial charge in [0.1, 0.15) is 0 Å². The Morgan fingerprint density at radius 1 is 1.80 bits per heavy atom. The van der Waals surface area contributed by atoms with Crippen molar-refractivity contribution >= 4 is 5.91 Å². The predicted molar refractivity (Wildman–Crippen MR) is 40.3 cm³/mol. The molecule has 2 unspecified atom stereocenters. The van der Waals surface area contributed by atoms with Gasteiger partial charge >= 0.3 is 0 Å². The van der Waals surface area contributed by atoms with Crippen molar-refractivity contribution in [1.29, 1.82) is 0 Å². The van der Waals surface area contributed by atoms with E-state index in [2.05, 4.69) is 13.8 Å². The van der Waals surface area contributed by atoms with Crippen LogP contribution in [0.3, 0.4) is 0 Å². The number of hydrogen-bond donors (Lipinski definition) is 1. The van der Waals surface area contributed by atoms with Gasteiger partial charge in [-0.15, -0.1) is 0 Å². The molecule has 2 N–H and O–H groups in total. The summed E-state index contributed by atoms with van der Waals surface area (Å²) in [4.78, 5) is 10.5. The second-order valence-corrected chi connectivity index (χ2v) is 3.58. The van der Waals surface area contributed by atoms with Crippen LogP contribution in [-0.4, -0.2) is 5.91 Å². The molecule has 1 saturated carbocycles. The third-order valence-corrected chi connectivity index (χ3v) is 2.79. The predicted octanol–water partition coefficient (Wildman–Crippen LogP) is 1.30. The molecule has 1 aliphatic rings. The van der Waals surface area contributed by atoms with E-state index < -0.39 is 0 Å². The van der Waals surface area contributed by atoms with Gasteiger partial charge in [0, 0.05) is 6.42 Å². The molecule has 2 atom stereocenters. The lowest BCUT2D eigenvalue weighted by Crippen LogP contribution is -2.12. The zero-order chi connectivity index (χ0) is 7.78. The van der Waals surface area contributed by atoms with Crippen LogP contribution in [0.1, 0.15) is 33.1 Å². The molecule has 10 heavy (non-hydrogen) atoms. The van der Waals surface area contributed by atoms with Crippen molar-refractivity contribution < 1.29 is 4.79 Å². The number of carbonyl (C=O) groups excluding carboxylic acids is 1. The van der Waals surface area contributed by atoms with Crippen LogP contribution in [0.15, 0.2) is 0 Å². The Kier molecular flexibility index (Phi) is 1.71. The summed E-state index contributed by atoms with van der Waals surface area (Å²) in [6.45, 7) is 4.39. The van der Waals surface area contributed by atoms with E-state index in [9.17, 15) is 4.79 Å². The molecule has 1 fully saturated rings. The van der Waals surface area contributed by atoms with Crippen molar-refractivity contribution in [2.75, 3.05) is 0 Å². The molecule has 0 radical (unpaired) electrons. The van der Waals surface area contributed by atoms with Crippen molar-refractivity contribution in [2.45, 2.75) is 33.1 Å². The van der Waals surface area contributed by atoms with Gasteiger partial charge in [-0.3, -0.25) is 4.79 Å². The van der Waals surface area contributed by atoms with Crippen LogP contribution >= 0.6 is 0 Å². The molecule has 1 amide bonds.